The highest BCUT2D eigenvalue weighted by molar-refractivity contribution is 7.89. The molecule has 0 atom stereocenters. The van der Waals surface area contributed by atoms with Gasteiger partial charge in [0.2, 0.25) is 10.0 Å². The standard InChI is InChI=1S/C12H17ClN2O2S.ClH/c1-9-2-3-10(13)8-12(9)18(16,17)15-11-4-6-14-7-5-11;/h2-3,8,11,14-15H,4-7H2,1H3;1H. The molecule has 1 aromatic rings. The third-order valence-electron chi connectivity index (χ3n) is 3.10. The van der Waals surface area contributed by atoms with Crippen molar-refractivity contribution in [2.24, 2.45) is 0 Å². The molecule has 108 valence electrons. The van der Waals surface area contributed by atoms with Gasteiger partial charge in [0.1, 0.15) is 0 Å². The van der Waals surface area contributed by atoms with Gasteiger partial charge in [0.15, 0.2) is 0 Å². The van der Waals surface area contributed by atoms with E-state index >= 15 is 0 Å². The van der Waals surface area contributed by atoms with Gasteiger partial charge >= 0.3 is 0 Å². The lowest BCUT2D eigenvalue weighted by Gasteiger charge is -2.23. The van der Waals surface area contributed by atoms with Gasteiger partial charge in [0.05, 0.1) is 4.90 Å². The third-order valence-corrected chi connectivity index (χ3v) is 5.00. The minimum absolute atomic E-state index is 0. The van der Waals surface area contributed by atoms with Crippen LogP contribution in [0.2, 0.25) is 5.02 Å². The van der Waals surface area contributed by atoms with E-state index in [2.05, 4.69) is 10.0 Å². The lowest BCUT2D eigenvalue weighted by atomic mass is 10.1. The summed E-state index contributed by atoms with van der Waals surface area (Å²) in [5.74, 6) is 0. The van der Waals surface area contributed by atoms with Crippen molar-refractivity contribution in [1.82, 2.24) is 10.0 Å². The Kier molecular flexibility index (Phi) is 6.08. The molecular formula is C12H18Cl2N2O2S. The van der Waals surface area contributed by atoms with E-state index in [1.807, 2.05) is 0 Å². The molecule has 19 heavy (non-hydrogen) atoms. The number of piperidine rings is 1. The Morgan fingerprint density at radius 2 is 1.95 bits per heavy atom. The number of rotatable bonds is 3. The fourth-order valence-electron chi connectivity index (χ4n) is 2.09. The van der Waals surface area contributed by atoms with E-state index in [1.54, 1.807) is 19.1 Å². The van der Waals surface area contributed by atoms with Crippen LogP contribution in [0.3, 0.4) is 0 Å². The Morgan fingerprint density at radius 3 is 2.58 bits per heavy atom. The molecule has 0 saturated carbocycles. The summed E-state index contributed by atoms with van der Waals surface area (Å²) in [4.78, 5) is 0.272. The van der Waals surface area contributed by atoms with Crippen molar-refractivity contribution in [3.63, 3.8) is 0 Å². The Balaban J connectivity index is 0.00000180. The quantitative estimate of drug-likeness (QED) is 0.895. The average Bonchev–Trinajstić information content (AvgIpc) is 2.33. The minimum Gasteiger partial charge on any atom is -0.317 e. The maximum atomic E-state index is 12.3. The highest BCUT2D eigenvalue weighted by atomic mass is 35.5. The Bertz CT molecular complexity index is 529. The predicted octanol–water partition coefficient (Wildman–Crippen LogP) is 2.10. The Labute approximate surface area is 125 Å². The lowest BCUT2D eigenvalue weighted by molar-refractivity contribution is 0.427. The fourth-order valence-corrected chi connectivity index (χ4v) is 3.90. The molecule has 1 aliphatic rings. The van der Waals surface area contributed by atoms with Crippen molar-refractivity contribution in [2.45, 2.75) is 30.7 Å². The average molecular weight is 325 g/mol. The number of hydrogen-bond donors (Lipinski definition) is 2. The van der Waals surface area contributed by atoms with Crippen LogP contribution < -0.4 is 10.0 Å². The van der Waals surface area contributed by atoms with Crippen LogP contribution in [0.25, 0.3) is 0 Å². The highest BCUT2D eigenvalue weighted by Crippen LogP contribution is 2.21. The first kappa shape index (κ1) is 16.7. The fraction of sp³-hybridized carbons (Fsp3) is 0.500. The summed E-state index contributed by atoms with van der Waals surface area (Å²) < 4.78 is 27.3. The summed E-state index contributed by atoms with van der Waals surface area (Å²) >= 11 is 5.86. The molecule has 7 heteroatoms. The van der Waals surface area contributed by atoms with E-state index in [0.29, 0.717) is 10.6 Å². The zero-order valence-electron chi connectivity index (χ0n) is 10.6. The van der Waals surface area contributed by atoms with Crippen molar-refractivity contribution in [3.8, 4) is 0 Å². The van der Waals surface area contributed by atoms with Crippen LogP contribution in [-0.2, 0) is 10.0 Å². The summed E-state index contributed by atoms with van der Waals surface area (Å²) in [6, 6.07) is 4.93. The summed E-state index contributed by atoms with van der Waals surface area (Å²) in [6.07, 6.45) is 1.64. The first-order valence-electron chi connectivity index (χ1n) is 5.98. The van der Waals surface area contributed by atoms with Crippen molar-refractivity contribution in [1.29, 1.82) is 0 Å². The molecule has 2 rings (SSSR count). The molecule has 1 fully saturated rings. The zero-order chi connectivity index (χ0) is 13.2. The third kappa shape index (κ3) is 4.33. The van der Waals surface area contributed by atoms with Gasteiger partial charge in [-0.05, 0) is 50.6 Å². The number of benzene rings is 1. The normalized spacial score (nSPS) is 16.9. The number of aryl methyl sites for hydroxylation is 1. The summed E-state index contributed by atoms with van der Waals surface area (Å²) in [6.45, 7) is 3.47. The Morgan fingerprint density at radius 1 is 1.32 bits per heavy atom. The van der Waals surface area contributed by atoms with Gasteiger partial charge in [-0.15, -0.1) is 12.4 Å². The number of nitrogens with one attached hydrogen (secondary N) is 2. The SMILES string of the molecule is Cc1ccc(Cl)cc1S(=O)(=O)NC1CCNCC1.Cl. The van der Waals surface area contributed by atoms with Crippen LogP contribution >= 0.6 is 24.0 Å². The van der Waals surface area contributed by atoms with Gasteiger partial charge in [-0.3, -0.25) is 0 Å². The van der Waals surface area contributed by atoms with Crippen molar-refractivity contribution in [2.75, 3.05) is 13.1 Å². The molecule has 4 nitrogen and oxygen atoms in total. The van der Waals surface area contributed by atoms with Crippen LogP contribution in [0.4, 0.5) is 0 Å². The second kappa shape index (κ2) is 6.90. The summed E-state index contributed by atoms with van der Waals surface area (Å²) in [5, 5.41) is 3.64. The van der Waals surface area contributed by atoms with Crippen LogP contribution in [-0.4, -0.2) is 27.5 Å². The van der Waals surface area contributed by atoms with Crippen LogP contribution in [0.15, 0.2) is 23.1 Å². The first-order chi connectivity index (χ1) is 8.49. The number of sulfonamides is 1. The molecule has 0 radical (unpaired) electrons. The van der Waals surface area contributed by atoms with E-state index < -0.39 is 10.0 Å². The molecule has 0 spiro atoms. The molecule has 1 heterocycles. The van der Waals surface area contributed by atoms with Crippen LogP contribution in [0.5, 0.6) is 0 Å². The van der Waals surface area contributed by atoms with Gasteiger partial charge in [0, 0.05) is 11.1 Å². The molecule has 2 N–H and O–H groups in total. The molecule has 1 aliphatic heterocycles. The molecular weight excluding hydrogens is 307 g/mol. The molecule has 0 aromatic heterocycles. The van der Waals surface area contributed by atoms with Crippen LogP contribution in [0, 0.1) is 6.92 Å². The smallest absolute Gasteiger partial charge is 0.241 e. The first-order valence-corrected chi connectivity index (χ1v) is 7.84. The zero-order valence-corrected chi connectivity index (χ0v) is 13.0. The monoisotopic (exact) mass is 324 g/mol. The number of hydrogen-bond acceptors (Lipinski definition) is 3. The summed E-state index contributed by atoms with van der Waals surface area (Å²) in [7, 11) is -3.48. The molecule has 0 unspecified atom stereocenters. The van der Waals surface area contributed by atoms with E-state index in [0.717, 1.165) is 25.9 Å². The topological polar surface area (TPSA) is 58.2 Å². The van der Waals surface area contributed by atoms with Gasteiger partial charge in [-0.2, -0.15) is 0 Å². The van der Waals surface area contributed by atoms with Gasteiger partial charge in [0.25, 0.3) is 0 Å². The lowest BCUT2D eigenvalue weighted by Crippen LogP contribution is -2.42. The van der Waals surface area contributed by atoms with Crippen molar-refractivity contribution >= 4 is 34.0 Å². The Hall–Kier alpha value is -0.330. The predicted molar refractivity (Wildman–Crippen MR) is 79.7 cm³/mol. The molecule has 0 bridgehead atoms. The maximum Gasteiger partial charge on any atom is 0.241 e. The molecule has 1 aromatic carbocycles. The second-order valence-corrected chi connectivity index (χ2v) is 6.67. The van der Waals surface area contributed by atoms with Crippen molar-refractivity contribution in [3.05, 3.63) is 28.8 Å². The van der Waals surface area contributed by atoms with E-state index in [-0.39, 0.29) is 23.3 Å². The van der Waals surface area contributed by atoms with Crippen LogP contribution in [0.1, 0.15) is 18.4 Å². The van der Waals surface area contributed by atoms with E-state index in [9.17, 15) is 8.42 Å². The largest absolute Gasteiger partial charge is 0.317 e. The van der Waals surface area contributed by atoms with E-state index in [1.165, 1.54) is 6.07 Å². The van der Waals surface area contributed by atoms with Gasteiger partial charge < -0.3 is 5.32 Å². The second-order valence-electron chi connectivity index (χ2n) is 4.56. The van der Waals surface area contributed by atoms with E-state index in [4.69, 9.17) is 11.6 Å². The summed E-state index contributed by atoms with van der Waals surface area (Å²) in [5.41, 5.74) is 0.709. The van der Waals surface area contributed by atoms with Gasteiger partial charge in [-0.25, -0.2) is 13.1 Å². The number of halogens is 2. The highest BCUT2D eigenvalue weighted by Gasteiger charge is 2.23. The molecule has 1 saturated heterocycles. The van der Waals surface area contributed by atoms with Crippen molar-refractivity contribution < 1.29 is 8.42 Å². The maximum absolute atomic E-state index is 12.3. The molecule has 0 aliphatic carbocycles. The molecule has 0 amide bonds. The minimum atomic E-state index is -3.48. The van der Waals surface area contributed by atoms with Gasteiger partial charge in [-0.1, -0.05) is 17.7 Å².